The lowest BCUT2D eigenvalue weighted by atomic mass is 10.4. The molecule has 78 valence electrons. The van der Waals surface area contributed by atoms with Gasteiger partial charge in [0.15, 0.2) is 5.82 Å². The van der Waals surface area contributed by atoms with Crippen molar-refractivity contribution in [3.8, 4) is 5.82 Å². The van der Waals surface area contributed by atoms with E-state index in [2.05, 4.69) is 15.0 Å². The molecule has 0 atom stereocenters. The van der Waals surface area contributed by atoms with Crippen LogP contribution in [0.25, 0.3) is 5.82 Å². The molecular formula is C9H8ClFN4. The summed E-state index contributed by atoms with van der Waals surface area (Å²) in [5, 5.41) is 0.295. The second-order valence-electron chi connectivity index (χ2n) is 2.88. The highest BCUT2D eigenvalue weighted by molar-refractivity contribution is 6.32. The van der Waals surface area contributed by atoms with Crippen LogP contribution in [0.3, 0.4) is 0 Å². The van der Waals surface area contributed by atoms with Crippen molar-refractivity contribution in [3.63, 3.8) is 0 Å². The monoisotopic (exact) mass is 226 g/mol. The zero-order chi connectivity index (χ0) is 10.8. The van der Waals surface area contributed by atoms with Crippen molar-refractivity contribution in [1.29, 1.82) is 0 Å². The first-order valence-corrected chi connectivity index (χ1v) is 4.80. The zero-order valence-electron chi connectivity index (χ0n) is 7.98. The number of aromatic nitrogens is 4. The van der Waals surface area contributed by atoms with Gasteiger partial charge in [0.25, 0.3) is 0 Å². The predicted octanol–water partition coefficient (Wildman–Crippen LogP) is 2.02. The van der Waals surface area contributed by atoms with Crippen molar-refractivity contribution in [2.45, 2.75) is 13.3 Å². The maximum Gasteiger partial charge on any atom is 0.310 e. The Balaban J connectivity index is 2.58. The molecule has 0 aliphatic carbocycles. The number of aryl methyl sites for hydroxylation is 1. The highest BCUT2D eigenvalue weighted by atomic mass is 35.5. The molecule has 15 heavy (non-hydrogen) atoms. The van der Waals surface area contributed by atoms with Gasteiger partial charge in [0, 0.05) is 18.8 Å². The third-order valence-corrected chi connectivity index (χ3v) is 2.22. The SMILES string of the molecule is CCc1nccn1-c1nc(F)ncc1Cl. The van der Waals surface area contributed by atoms with Gasteiger partial charge in [0.2, 0.25) is 0 Å². The van der Waals surface area contributed by atoms with E-state index in [1.54, 1.807) is 17.0 Å². The second kappa shape index (κ2) is 3.94. The van der Waals surface area contributed by atoms with Crippen LogP contribution in [0.15, 0.2) is 18.6 Å². The highest BCUT2D eigenvalue weighted by Gasteiger charge is 2.10. The third kappa shape index (κ3) is 1.83. The van der Waals surface area contributed by atoms with E-state index >= 15 is 0 Å². The first-order valence-electron chi connectivity index (χ1n) is 4.43. The lowest BCUT2D eigenvalue weighted by molar-refractivity contribution is 0.535. The number of nitrogens with zero attached hydrogens (tertiary/aromatic N) is 4. The van der Waals surface area contributed by atoms with Gasteiger partial charge in [0.1, 0.15) is 10.8 Å². The summed E-state index contributed by atoms with van der Waals surface area (Å²) in [7, 11) is 0. The van der Waals surface area contributed by atoms with Gasteiger partial charge in [-0.15, -0.1) is 0 Å². The van der Waals surface area contributed by atoms with Gasteiger partial charge in [-0.3, -0.25) is 4.57 Å². The molecule has 2 heterocycles. The van der Waals surface area contributed by atoms with Crippen LogP contribution in [0.1, 0.15) is 12.7 Å². The summed E-state index contributed by atoms with van der Waals surface area (Å²) in [4.78, 5) is 11.1. The van der Waals surface area contributed by atoms with Crippen LogP contribution in [0.4, 0.5) is 4.39 Å². The molecule has 0 amide bonds. The molecule has 0 radical (unpaired) electrons. The van der Waals surface area contributed by atoms with E-state index in [4.69, 9.17) is 11.6 Å². The third-order valence-electron chi connectivity index (χ3n) is 1.96. The molecule has 0 aliphatic rings. The van der Waals surface area contributed by atoms with Gasteiger partial charge in [-0.05, 0) is 0 Å². The number of rotatable bonds is 2. The number of hydrogen-bond acceptors (Lipinski definition) is 3. The minimum atomic E-state index is -0.801. The van der Waals surface area contributed by atoms with E-state index in [1.165, 1.54) is 6.20 Å². The fraction of sp³-hybridized carbons (Fsp3) is 0.222. The van der Waals surface area contributed by atoms with Crippen LogP contribution in [0, 0.1) is 6.08 Å². The summed E-state index contributed by atoms with van der Waals surface area (Å²) in [5.41, 5.74) is 0. The van der Waals surface area contributed by atoms with Crippen LogP contribution in [0.2, 0.25) is 5.02 Å². The molecule has 2 rings (SSSR count). The van der Waals surface area contributed by atoms with Gasteiger partial charge in [-0.2, -0.15) is 9.37 Å². The fourth-order valence-electron chi connectivity index (χ4n) is 1.30. The second-order valence-corrected chi connectivity index (χ2v) is 3.28. The molecule has 0 saturated carbocycles. The number of imidazole rings is 1. The first-order chi connectivity index (χ1) is 7.22. The maximum atomic E-state index is 12.9. The Morgan fingerprint density at radius 1 is 1.47 bits per heavy atom. The van der Waals surface area contributed by atoms with Crippen LogP contribution >= 0.6 is 11.6 Å². The molecule has 2 aromatic heterocycles. The molecule has 0 unspecified atom stereocenters. The molecule has 0 aliphatic heterocycles. The Labute approximate surface area is 90.8 Å². The topological polar surface area (TPSA) is 43.6 Å². The van der Waals surface area contributed by atoms with Crippen molar-refractivity contribution >= 4 is 11.6 Å². The summed E-state index contributed by atoms with van der Waals surface area (Å²) < 4.78 is 14.5. The van der Waals surface area contributed by atoms with Crippen molar-refractivity contribution in [3.05, 3.63) is 35.5 Å². The van der Waals surface area contributed by atoms with E-state index in [0.29, 0.717) is 10.8 Å². The van der Waals surface area contributed by atoms with Gasteiger partial charge in [-0.25, -0.2) is 9.97 Å². The van der Waals surface area contributed by atoms with Gasteiger partial charge in [-0.1, -0.05) is 18.5 Å². The van der Waals surface area contributed by atoms with Gasteiger partial charge in [0.05, 0.1) is 6.20 Å². The standard InChI is InChI=1S/C9H8ClFN4/c1-2-7-12-3-4-15(7)8-6(10)5-13-9(11)14-8/h3-5H,2H2,1H3. The van der Waals surface area contributed by atoms with E-state index in [-0.39, 0.29) is 0 Å². The molecular weight excluding hydrogens is 219 g/mol. The normalized spacial score (nSPS) is 10.6. The van der Waals surface area contributed by atoms with Crippen molar-refractivity contribution in [2.75, 3.05) is 0 Å². The summed E-state index contributed by atoms with van der Waals surface area (Å²) >= 11 is 5.88. The smallest absolute Gasteiger partial charge is 0.286 e. The Kier molecular flexibility index (Phi) is 2.64. The van der Waals surface area contributed by atoms with E-state index < -0.39 is 6.08 Å². The molecule has 0 spiro atoms. The Morgan fingerprint density at radius 3 is 3.00 bits per heavy atom. The average Bonchev–Trinajstić information content (AvgIpc) is 2.69. The molecule has 0 aromatic carbocycles. The quantitative estimate of drug-likeness (QED) is 0.736. The molecule has 2 aromatic rings. The van der Waals surface area contributed by atoms with Crippen molar-refractivity contribution < 1.29 is 4.39 Å². The summed E-state index contributed by atoms with van der Waals surface area (Å²) in [6.45, 7) is 1.95. The average molecular weight is 227 g/mol. The van der Waals surface area contributed by atoms with Gasteiger partial charge < -0.3 is 0 Å². The van der Waals surface area contributed by atoms with Crippen molar-refractivity contribution in [2.24, 2.45) is 0 Å². The first kappa shape index (κ1) is 10.0. The highest BCUT2D eigenvalue weighted by Crippen LogP contribution is 2.18. The molecule has 4 nitrogen and oxygen atoms in total. The minimum Gasteiger partial charge on any atom is -0.286 e. The van der Waals surface area contributed by atoms with E-state index in [1.807, 2.05) is 6.92 Å². The van der Waals surface area contributed by atoms with Crippen LogP contribution < -0.4 is 0 Å². The lowest BCUT2D eigenvalue weighted by Crippen LogP contribution is -2.04. The maximum absolute atomic E-state index is 12.9. The molecule has 0 bridgehead atoms. The van der Waals surface area contributed by atoms with Gasteiger partial charge >= 0.3 is 6.08 Å². The Bertz CT molecular complexity index is 483. The Morgan fingerprint density at radius 2 is 2.27 bits per heavy atom. The summed E-state index contributed by atoms with van der Waals surface area (Å²) in [6.07, 6.45) is 4.46. The molecule has 0 N–H and O–H groups in total. The number of halogens is 2. The largest absolute Gasteiger partial charge is 0.310 e. The van der Waals surface area contributed by atoms with E-state index in [0.717, 1.165) is 12.2 Å². The van der Waals surface area contributed by atoms with E-state index in [9.17, 15) is 4.39 Å². The van der Waals surface area contributed by atoms with Crippen LogP contribution in [-0.2, 0) is 6.42 Å². The predicted molar refractivity (Wildman–Crippen MR) is 53.5 cm³/mol. The lowest BCUT2D eigenvalue weighted by Gasteiger charge is -2.06. The van der Waals surface area contributed by atoms with Crippen LogP contribution in [0.5, 0.6) is 0 Å². The van der Waals surface area contributed by atoms with Crippen molar-refractivity contribution in [1.82, 2.24) is 19.5 Å². The summed E-state index contributed by atoms with van der Waals surface area (Å²) in [6, 6.07) is 0. The Hall–Kier alpha value is -1.49. The summed E-state index contributed by atoms with van der Waals surface area (Å²) in [5.74, 6) is 1.09. The minimum absolute atomic E-state index is 0.295. The molecule has 6 heteroatoms. The molecule has 0 saturated heterocycles. The zero-order valence-corrected chi connectivity index (χ0v) is 8.74. The molecule has 0 fully saturated rings. The number of hydrogen-bond donors (Lipinski definition) is 0. The van der Waals surface area contributed by atoms with Crippen LogP contribution in [-0.4, -0.2) is 19.5 Å². The fourth-order valence-corrected chi connectivity index (χ4v) is 1.48.